The average molecular weight is 349 g/mol. The number of aromatic nitrogens is 2. The number of benzene rings is 2. The minimum absolute atomic E-state index is 0.0827. The molecule has 2 aromatic carbocycles. The molecule has 3 aromatic rings. The van der Waals surface area contributed by atoms with Crippen molar-refractivity contribution in [2.45, 2.75) is 20.3 Å². The number of nitrogens with one attached hydrogen (secondary N) is 1. The van der Waals surface area contributed by atoms with E-state index in [4.69, 9.17) is 4.74 Å². The predicted octanol–water partition coefficient (Wildman–Crippen LogP) is 3.85. The van der Waals surface area contributed by atoms with Crippen LogP contribution in [0, 0.1) is 13.8 Å². The first-order valence-electron chi connectivity index (χ1n) is 8.58. The highest BCUT2D eigenvalue weighted by molar-refractivity contribution is 5.83. The van der Waals surface area contributed by atoms with Crippen LogP contribution in [0.2, 0.25) is 0 Å². The van der Waals surface area contributed by atoms with Gasteiger partial charge in [0.25, 0.3) is 5.91 Å². The number of methoxy groups -OCH3 is 1. The van der Waals surface area contributed by atoms with Crippen molar-refractivity contribution in [3.05, 3.63) is 77.1 Å². The number of hydrogen-bond donors (Lipinski definition) is 1. The Labute approximate surface area is 153 Å². The Morgan fingerprint density at radius 2 is 1.77 bits per heavy atom. The first-order chi connectivity index (χ1) is 12.6. The fraction of sp³-hybridized carbons (Fsp3) is 0.238. The number of hydrogen-bond acceptors (Lipinski definition) is 4. The van der Waals surface area contributed by atoms with Gasteiger partial charge in [-0.15, -0.1) is 0 Å². The van der Waals surface area contributed by atoms with Gasteiger partial charge in [-0.05, 0) is 43.7 Å². The lowest BCUT2D eigenvalue weighted by Gasteiger charge is -2.08. The van der Waals surface area contributed by atoms with Crippen LogP contribution in [-0.4, -0.2) is 29.3 Å². The molecule has 0 radical (unpaired) electrons. The van der Waals surface area contributed by atoms with Crippen LogP contribution in [0.25, 0.3) is 0 Å². The quantitative estimate of drug-likeness (QED) is 0.734. The van der Waals surface area contributed by atoms with Crippen molar-refractivity contribution in [1.29, 1.82) is 0 Å². The van der Waals surface area contributed by atoms with Crippen molar-refractivity contribution >= 4 is 11.6 Å². The number of anilines is 1. The molecule has 26 heavy (non-hydrogen) atoms. The lowest BCUT2D eigenvalue weighted by atomic mass is 10.0. The highest BCUT2D eigenvalue weighted by atomic mass is 16.5. The molecule has 1 N–H and O–H groups in total. The van der Waals surface area contributed by atoms with Gasteiger partial charge in [-0.1, -0.05) is 30.3 Å². The first-order valence-corrected chi connectivity index (χ1v) is 8.58. The summed E-state index contributed by atoms with van der Waals surface area (Å²) >= 11 is 0. The zero-order valence-corrected chi connectivity index (χ0v) is 15.3. The molecule has 3 rings (SSSR count). The summed E-state index contributed by atoms with van der Waals surface area (Å²) in [5.74, 6) is 0.701. The van der Waals surface area contributed by atoms with E-state index in [-0.39, 0.29) is 12.5 Å². The van der Waals surface area contributed by atoms with Gasteiger partial charge in [0.05, 0.1) is 19.3 Å². The Balaban J connectivity index is 1.70. The third-order valence-corrected chi connectivity index (χ3v) is 4.43. The lowest BCUT2D eigenvalue weighted by molar-refractivity contribution is 0.0910. The van der Waals surface area contributed by atoms with Crippen LogP contribution < -0.4 is 10.1 Å². The maximum absolute atomic E-state index is 12.6. The topological polar surface area (TPSA) is 56.1 Å². The van der Waals surface area contributed by atoms with Crippen molar-refractivity contribution in [2.24, 2.45) is 0 Å². The maximum atomic E-state index is 12.6. The zero-order chi connectivity index (χ0) is 18.5. The Hall–Kier alpha value is -3.08. The van der Waals surface area contributed by atoms with Crippen molar-refractivity contribution in [3.8, 4) is 5.75 Å². The van der Waals surface area contributed by atoms with Gasteiger partial charge in [0, 0.05) is 23.4 Å². The van der Waals surface area contributed by atoms with Crippen LogP contribution in [0.4, 0.5) is 5.69 Å². The van der Waals surface area contributed by atoms with Crippen molar-refractivity contribution in [1.82, 2.24) is 9.78 Å². The second-order valence-corrected chi connectivity index (χ2v) is 6.20. The second-order valence-electron chi connectivity index (χ2n) is 6.20. The lowest BCUT2D eigenvalue weighted by Crippen LogP contribution is -2.23. The standard InChI is InChI=1S/C21H23N3O2/c1-15-20(13-17-7-5-4-6-8-17)16(2)24(23-15)21(25)14-22-18-9-11-19(26-3)12-10-18/h4-12,22H,13-14H2,1-3H3. The van der Waals surface area contributed by atoms with Crippen LogP contribution in [0.1, 0.15) is 27.3 Å². The molecule has 0 unspecified atom stereocenters. The van der Waals surface area contributed by atoms with E-state index in [9.17, 15) is 4.79 Å². The van der Waals surface area contributed by atoms with Crippen LogP contribution in [0.15, 0.2) is 54.6 Å². The molecule has 0 saturated carbocycles. The molecule has 0 bridgehead atoms. The number of ether oxygens (including phenoxy) is 1. The van der Waals surface area contributed by atoms with Gasteiger partial charge in [0.2, 0.25) is 0 Å². The van der Waals surface area contributed by atoms with Crippen LogP contribution in [0.3, 0.4) is 0 Å². The molecule has 0 aliphatic rings. The summed E-state index contributed by atoms with van der Waals surface area (Å²) in [5, 5.41) is 7.59. The number of nitrogens with zero attached hydrogens (tertiary/aromatic N) is 2. The predicted molar refractivity (Wildman–Crippen MR) is 103 cm³/mol. The van der Waals surface area contributed by atoms with E-state index in [0.717, 1.165) is 34.8 Å². The number of aryl methyl sites for hydroxylation is 1. The summed E-state index contributed by atoms with van der Waals surface area (Å²) in [6.45, 7) is 4.08. The first kappa shape index (κ1) is 17.7. The Morgan fingerprint density at radius 3 is 2.42 bits per heavy atom. The Kier molecular flexibility index (Phi) is 5.37. The minimum atomic E-state index is -0.0827. The molecule has 134 valence electrons. The van der Waals surface area contributed by atoms with Gasteiger partial charge in [-0.3, -0.25) is 4.79 Å². The van der Waals surface area contributed by atoms with Crippen LogP contribution in [0.5, 0.6) is 5.75 Å². The van der Waals surface area contributed by atoms with Crippen LogP contribution in [-0.2, 0) is 6.42 Å². The molecule has 1 aromatic heterocycles. The summed E-state index contributed by atoms with van der Waals surface area (Å²) < 4.78 is 6.64. The molecule has 0 fully saturated rings. The highest BCUT2D eigenvalue weighted by Gasteiger charge is 2.16. The summed E-state index contributed by atoms with van der Waals surface area (Å²) in [7, 11) is 1.63. The van der Waals surface area contributed by atoms with E-state index >= 15 is 0 Å². The fourth-order valence-corrected chi connectivity index (χ4v) is 2.94. The summed E-state index contributed by atoms with van der Waals surface area (Å²) in [6.07, 6.45) is 0.775. The SMILES string of the molecule is COc1ccc(NCC(=O)n2nc(C)c(Cc3ccccc3)c2C)cc1. The number of carbonyl (C=O) groups excluding carboxylic acids is 1. The smallest absolute Gasteiger partial charge is 0.266 e. The number of rotatable bonds is 6. The normalized spacial score (nSPS) is 10.6. The average Bonchev–Trinajstić information content (AvgIpc) is 2.95. The van der Waals surface area contributed by atoms with Gasteiger partial charge in [-0.2, -0.15) is 5.10 Å². The third-order valence-electron chi connectivity index (χ3n) is 4.43. The summed E-state index contributed by atoms with van der Waals surface area (Å²) in [5.41, 5.74) is 4.97. The van der Waals surface area contributed by atoms with E-state index in [0.29, 0.717) is 0 Å². The molecule has 5 nitrogen and oxygen atoms in total. The molecular formula is C21H23N3O2. The van der Waals surface area contributed by atoms with Gasteiger partial charge in [0.1, 0.15) is 5.75 Å². The zero-order valence-electron chi connectivity index (χ0n) is 15.3. The second kappa shape index (κ2) is 7.87. The third kappa shape index (κ3) is 3.94. The van der Waals surface area contributed by atoms with Gasteiger partial charge in [0.15, 0.2) is 0 Å². The van der Waals surface area contributed by atoms with Gasteiger partial charge in [-0.25, -0.2) is 4.68 Å². The molecular weight excluding hydrogens is 326 g/mol. The van der Waals surface area contributed by atoms with Gasteiger partial charge >= 0.3 is 0 Å². The van der Waals surface area contributed by atoms with Crippen molar-refractivity contribution in [2.75, 3.05) is 19.0 Å². The summed E-state index contributed by atoms with van der Waals surface area (Å²) in [6, 6.07) is 17.7. The molecule has 0 atom stereocenters. The Bertz CT molecular complexity index is 884. The minimum Gasteiger partial charge on any atom is -0.497 e. The van der Waals surface area contributed by atoms with E-state index < -0.39 is 0 Å². The molecule has 0 aliphatic heterocycles. The fourth-order valence-electron chi connectivity index (χ4n) is 2.94. The molecule has 5 heteroatoms. The molecule has 1 heterocycles. The largest absolute Gasteiger partial charge is 0.497 e. The van der Waals surface area contributed by atoms with E-state index in [1.165, 1.54) is 10.2 Å². The maximum Gasteiger partial charge on any atom is 0.266 e. The van der Waals surface area contributed by atoms with E-state index in [1.54, 1.807) is 7.11 Å². The monoisotopic (exact) mass is 349 g/mol. The van der Waals surface area contributed by atoms with Gasteiger partial charge < -0.3 is 10.1 Å². The summed E-state index contributed by atoms with van der Waals surface area (Å²) in [4.78, 5) is 12.6. The molecule has 0 amide bonds. The van der Waals surface area contributed by atoms with E-state index in [1.807, 2.05) is 56.3 Å². The Morgan fingerprint density at radius 1 is 1.08 bits per heavy atom. The highest BCUT2D eigenvalue weighted by Crippen LogP contribution is 2.18. The molecule has 0 spiro atoms. The number of carbonyl (C=O) groups is 1. The van der Waals surface area contributed by atoms with Crippen molar-refractivity contribution < 1.29 is 9.53 Å². The molecule has 0 aliphatic carbocycles. The van der Waals surface area contributed by atoms with Crippen molar-refractivity contribution in [3.63, 3.8) is 0 Å². The molecule has 0 saturated heterocycles. The van der Waals surface area contributed by atoms with E-state index in [2.05, 4.69) is 22.5 Å². The van der Waals surface area contributed by atoms with Crippen LogP contribution >= 0.6 is 0 Å².